The minimum absolute atomic E-state index is 0.487. The lowest BCUT2D eigenvalue weighted by Gasteiger charge is -2.32. The van der Waals surface area contributed by atoms with E-state index in [9.17, 15) is 0 Å². The topological polar surface area (TPSA) is 0 Å². The van der Waals surface area contributed by atoms with Crippen molar-refractivity contribution < 1.29 is 0 Å². The first kappa shape index (κ1) is 36.7. The number of rotatable bonds is 3. The van der Waals surface area contributed by atoms with Crippen LogP contribution in [-0.2, 0) is 5.41 Å². The van der Waals surface area contributed by atoms with E-state index < -0.39 is 5.41 Å². The van der Waals surface area contributed by atoms with E-state index in [2.05, 4.69) is 243 Å². The summed E-state index contributed by atoms with van der Waals surface area (Å²) in [5.74, 6) is 0. The molecule has 0 amide bonds. The molecule has 13 aromatic rings. The Morgan fingerprint density at radius 2 is 0.642 bits per heavy atom. The van der Waals surface area contributed by atoms with Gasteiger partial charge in [-0.2, -0.15) is 0 Å². The summed E-state index contributed by atoms with van der Waals surface area (Å²) in [5, 5.41) is 15.4. The first-order chi connectivity index (χ1) is 33.3. The van der Waals surface area contributed by atoms with Crippen LogP contribution in [0.1, 0.15) is 22.3 Å². The zero-order chi connectivity index (χ0) is 43.8. The lowest BCUT2D eigenvalue weighted by molar-refractivity contribution is 0.809. The second-order valence-electron chi connectivity index (χ2n) is 18.6. The SMILES string of the molecule is c1ccc2c(c1)-c1ccccc1C21c2c(ccc3cc(-c4ccc(-c5c6ccccc6c(-c6ccc7ccccc7c6)c6ccccc56)cc4)ccc23)-c2c1c1ccccc1c1ccccc21. The lowest BCUT2D eigenvalue weighted by Crippen LogP contribution is -2.26. The normalized spacial score (nSPS) is 13.2. The molecule has 0 aliphatic heterocycles. The van der Waals surface area contributed by atoms with Gasteiger partial charge in [0.2, 0.25) is 0 Å². The first-order valence-electron chi connectivity index (χ1n) is 23.5. The summed E-state index contributed by atoms with van der Waals surface area (Å²) in [7, 11) is 0. The highest BCUT2D eigenvalue weighted by Gasteiger charge is 2.53. The molecule has 0 heterocycles. The van der Waals surface area contributed by atoms with E-state index >= 15 is 0 Å². The monoisotopic (exact) mass is 844 g/mol. The van der Waals surface area contributed by atoms with Crippen LogP contribution in [0.5, 0.6) is 0 Å². The van der Waals surface area contributed by atoms with E-state index in [0.29, 0.717) is 0 Å². The van der Waals surface area contributed by atoms with Crippen LogP contribution in [0.4, 0.5) is 0 Å². The van der Waals surface area contributed by atoms with E-state index in [-0.39, 0.29) is 0 Å². The van der Waals surface area contributed by atoms with Crippen LogP contribution < -0.4 is 0 Å². The number of hydrogen-bond acceptors (Lipinski definition) is 0. The average molecular weight is 845 g/mol. The highest BCUT2D eigenvalue weighted by atomic mass is 14.5. The number of hydrogen-bond donors (Lipinski definition) is 0. The molecule has 15 rings (SSSR count). The molecular weight excluding hydrogens is 805 g/mol. The van der Waals surface area contributed by atoms with Gasteiger partial charge in [-0.15, -0.1) is 0 Å². The molecular formula is C67H40. The molecule has 0 nitrogen and oxygen atoms in total. The smallest absolute Gasteiger partial charge is 0.0619 e. The molecule has 2 aliphatic carbocycles. The Balaban J connectivity index is 0.918. The molecule has 67 heavy (non-hydrogen) atoms. The Kier molecular flexibility index (Phi) is 7.52. The number of fused-ring (bicyclic) bond motifs is 20. The van der Waals surface area contributed by atoms with Crippen molar-refractivity contribution >= 4 is 64.6 Å². The fraction of sp³-hybridized carbons (Fsp3) is 0.0149. The second-order valence-corrected chi connectivity index (χ2v) is 18.6. The van der Waals surface area contributed by atoms with Crippen LogP contribution in [0.2, 0.25) is 0 Å². The van der Waals surface area contributed by atoms with Crippen molar-refractivity contribution in [3.8, 4) is 55.6 Å². The quantitative estimate of drug-likeness (QED) is 0.123. The van der Waals surface area contributed by atoms with Crippen molar-refractivity contribution in [1.29, 1.82) is 0 Å². The van der Waals surface area contributed by atoms with E-state index in [4.69, 9.17) is 0 Å². The van der Waals surface area contributed by atoms with Gasteiger partial charge < -0.3 is 0 Å². The molecule has 0 atom stereocenters. The van der Waals surface area contributed by atoms with Gasteiger partial charge in [0.1, 0.15) is 0 Å². The summed E-state index contributed by atoms with van der Waals surface area (Å²) in [6.07, 6.45) is 0. The van der Waals surface area contributed by atoms with Gasteiger partial charge in [-0.05, 0) is 155 Å². The molecule has 0 radical (unpaired) electrons. The van der Waals surface area contributed by atoms with Gasteiger partial charge in [0.05, 0.1) is 5.41 Å². The zero-order valence-corrected chi connectivity index (χ0v) is 36.6. The van der Waals surface area contributed by atoms with Crippen molar-refractivity contribution in [2.45, 2.75) is 5.41 Å². The molecule has 0 bridgehead atoms. The third-order valence-corrected chi connectivity index (χ3v) is 15.4. The van der Waals surface area contributed by atoms with Crippen molar-refractivity contribution in [2.24, 2.45) is 0 Å². The summed E-state index contributed by atoms with van der Waals surface area (Å²) in [5.41, 5.74) is 17.9. The number of benzene rings is 13. The van der Waals surface area contributed by atoms with Gasteiger partial charge in [0.25, 0.3) is 0 Å². The van der Waals surface area contributed by atoms with E-state index in [1.165, 1.54) is 143 Å². The molecule has 13 aromatic carbocycles. The molecule has 0 saturated heterocycles. The van der Waals surface area contributed by atoms with Crippen molar-refractivity contribution in [1.82, 2.24) is 0 Å². The van der Waals surface area contributed by atoms with Gasteiger partial charge in [-0.1, -0.05) is 231 Å². The summed E-state index contributed by atoms with van der Waals surface area (Å²) in [6.45, 7) is 0. The van der Waals surface area contributed by atoms with Crippen molar-refractivity contribution in [3.63, 3.8) is 0 Å². The maximum absolute atomic E-state index is 2.43. The van der Waals surface area contributed by atoms with E-state index in [1.54, 1.807) is 0 Å². The first-order valence-corrected chi connectivity index (χ1v) is 23.5. The van der Waals surface area contributed by atoms with Crippen molar-refractivity contribution in [3.05, 3.63) is 265 Å². The maximum atomic E-state index is 2.43. The minimum atomic E-state index is -0.487. The molecule has 2 aliphatic rings. The highest BCUT2D eigenvalue weighted by Crippen LogP contribution is 2.66. The summed E-state index contributed by atoms with van der Waals surface area (Å²) < 4.78 is 0. The van der Waals surface area contributed by atoms with E-state index in [1.807, 2.05) is 0 Å². The van der Waals surface area contributed by atoms with Gasteiger partial charge in [-0.3, -0.25) is 0 Å². The molecule has 308 valence electrons. The Morgan fingerprint density at radius 3 is 1.28 bits per heavy atom. The fourth-order valence-electron chi connectivity index (χ4n) is 12.8. The maximum Gasteiger partial charge on any atom is 0.0737 e. The van der Waals surface area contributed by atoms with E-state index in [0.717, 1.165) is 0 Å². The van der Waals surface area contributed by atoms with Crippen LogP contribution in [-0.4, -0.2) is 0 Å². The molecule has 0 fully saturated rings. The van der Waals surface area contributed by atoms with Crippen molar-refractivity contribution in [2.75, 3.05) is 0 Å². The molecule has 0 N–H and O–H groups in total. The Bertz CT molecular complexity index is 4160. The van der Waals surface area contributed by atoms with Gasteiger partial charge >= 0.3 is 0 Å². The summed E-state index contributed by atoms with van der Waals surface area (Å²) in [6, 6.07) is 91.3. The molecule has 0 saturated carbocycles. The fourth-order valence-corrected chi connectivity index (χ4v) is 12.8. The van der Waals surface area contributed by atoms with Gasteiger partial charge in [0.15, 0.2) is 0 Å². The Labute approximate surface area is 388 Å². The molecule has 0 unspecified atom stereocenters. The molecule has 0 aromatic heterocycles. The largest absolute Gasteiger partial charge is 0.0737 e. The third kappa shape index (κ3) is 4.92. The van der Waals surface area contributed by atoms with Crippen LogP contribution in [0, 0.1) is 0 Å². The van der Waals surface area contributed by atoms with Gasteiger partial charge in [-0.25, -0.2) is 0 Å². The zero-order valence-electron chi connectivity index (χ0n) is 36.6. The third-order valence-electron chi connectivity index (χ3n) is 15.4. The average Bonchev–Trinajstić information content (AvgIpc) is 3.88. The van der Waals surface area contributed by atoms with Gasteiger partial charge in [0, 0.05) is 0 Å². The predicted molar refractivity (Wildman–Crippen MR) is 284 cm³/mol. The lowest BCUT2D eigenvalue weighted by atomic mass is 9.68. The molecule has 1 spiro atoms. The minimum Gasteiger partial charge on any atom is -0.0619 e. The van der Waals surface area contributed by atoms with Crippen LogP contribution >= 0.6 is 0 Å². The predicted octanol–water partition coefficient (Wildman–Crippen LogP) is 18.0. The second kappa shape index (κ2) is 13.7. The van der Waals surface area contributed by atoms with Crippen LogP contribution in [0.25, 0.3) is 120 Å². The standard InChI is InChI=1S/C67H40/c1-2-16-44-40-47(34-31-41(44)15-1)63-56-24-8-6-22-54(56)62(55-23-7-9-25-57(55)63)43-32-29-42(30-33-43)45-35-37-48-46(39-45)36-38-59-64-53-21-5-3-17-49(53)50-18-4-10-26-58(50)66(64)67(65(48)59)60-27-13-11-19-51(60)52-20-12-14-28-61(52)67/h1-40H. The van der Waals surface area contributed by atoms with Crippen LogP contribution in [0.15, 0.2) is 243 Å². The summed E-state index contributed by atoms with van der Waals surface area (Å²) in [4.78, 5) is 0. The Hall–Kier alpha value is -8.58. The molecule has 0 heteroatoms. The van der Waals surface area contributed by atoms with Crippen LogP contribution in [0.3, 0.4) is 0 Å². The summed E-state index contributed by atoms with van der Waals surface area (Å²) >= 11 is 0. The Morgan fingerprint density at radius 1 is 0.209 bits per heavy atom. The highest BCUT2D eigenvalue weighted by molar-refractivity contribution is 6.23.